The third-order valence-electron chi connectivity index (χ3n) is 4.41. The first-order valence-corrected chi connectivity index (χ1v) is 11.9. The maximum Gasteiger partial charge on any atom is 0.263 e. The van der Waals surface area contributed by atoms with Gasteiger partial charge in [0.1, 0.15) is 22.2 Å². The van der Waals surface area contributed by atoms with Crippen LogP contribution in [0.4, 0.5) is 0 Å². The molecule has 1 amide bonds. The Morgan fingerprint density at radius 3 is 2.79 bits per heavy atom. The van der Waals surface area contributed by atoms with Gasteiger partial charge in [0.15, 0.2) is 0 Å². The average molecular weight is 444 g/mol. The second-order valence-electron chi connectivity index (χ2n) is 6.70. The van der Waals surface area contributed by atoms with Crippen LogP contribution >= 0.6 is 22.9 Å². The molecule has 0 radical (unpaired) electrons. The smallest absolute Gasteiger partial charge is 0.263 e. The van der Waals surface area contributed by atoms with E-state index in [9.17, 15) is 13.2 Å². The number of piperidine rings is 1. The van der Waals surface area contributed by atoms with Crippen LogP contribution in [0.3, 0.4) is 0 Å². The number of hydrogen-bond acceptors (Lipinski definition) is 6. The summed E-state index contributed by atoms with van der Waals surface area (Å²) >= 11 is 7.13. The van der Waals surface area contributed by atoms with Crippen LogP contribution in [0.1, 0.15) is 33.2 Å². The summed E-state index contributed by atoms with van der Waals surface area (Å²) in [6, 6.07) is 6.82. The number of hydrogen-bond donors (Lipinski definition) is 1. The van der Waals surface area contributed by atoms with Crippen LogP contribution in [0.25, 0.3) is 0 Å². The second-order valence-corrected chi connectivity index (χ2v) is 10.2. The van der Waals surface area contributed by atoms with Gasteiger partial charge in [-0.1, -0.05) is 11.6 Å². The van der Waals surface area contributed by atoms with Crippen molar-refractivity contribution in [3.8, 4) is 5.75 Å². The van der Waals surface area contributed by atoms with Crippen molar-refractivity contribution in [3.05, 3.63) is 44.9 Å². The van der Waals surface area contributed by atoms with Crippen LogP contribution in [-0.4, -0.2) is 49.0 Å². The van der Waals surface area contributed by atoms with Gasteiger partial charge in [-0.15, -0.1) is 11.3 Å². The summed E-state index contributed by atoms with van der Waals surface area (Å²) < 4.78 is 30.6. The second kappa shape index (κ2) is 8.77. The fourth-order valence-electron chi connectivity index (χ4n) is 3.01. The summed E-state index contributed by atoms with van der Waals surface area (Å²) in [4.78, 5) is 17.6. The molecule has 1 unspecified atom stereocenters. The predicted molar refractivity (Wildman–Crippen MR) is 110 cm³/mol. The number of carbonyl (C=O) groups excluding carboxylic acids is 1. The minimum Gasteiger partial charge on any atom is -0.486 e. The van der Waals surface area contributed by atoms with Gasteiger partial charge in [0.2, 0.25) is 10.0 Å². The molecule has 0 spiro atoms. The van der Waals surface area contributed by atoms with Gasteiger partial charge in [0, 0.05) is 24.2 Å². The van der Waals surface area contributed by atoms with E-state index in [0.717, 1.165) is 12.8 Å². The van der Waals surface area contributed by atoms with Gasteiger partial charge < -0.3 is 10.1 Å². The molecule has 28 heavy (non-hydrogen) atoms. The van der Waals surface area contributed by atoms with E-state index in [1.807, 2.05) is 0 Å². The molecule has 0 aliphatic carbocycles. The van der Waals surface area contributed by atoms with Crippen molar-refractivity contribution >= 4 is 38.9 Å². The maximum absolute atomic E-state index is 12.7. The Hall–Kier alpha value is -1.68. The number of halogens is 1. The van der Waals surface area contributed by atoms with E-state index >= 15 is 0 Å². The number of nitrogens with one attached hydrogen (secondary N) is 1. The molecule has 1 N–H and O–H groups in total. The number of thiazole rings is 1. The third kappa shape index (κ3) is 5.44. The van der Waals surface area contributed by atoms with Crippen molar-refractivity contribution in [2.24, 2.45) is 0 Å². The van der Waals surface area contributed by atoms with Gasteiger partial charge in [-0.3, -0.25) is 4.79 Å². The molecule has 1 atom stereocenters. The van der Waals surface area contributed by atoms with E-state index in [2.05, 4.69) is 10.3 Å². The molecule has 2 heterocycles. The molecule has 7 nitrogen and oxygen atoms in total. The molecule has 1 aromatic heterocycles. The van der Waals surface area contributed by atoms with Gasteiger partial charge in [0.25, 0.3) is 5.91 Å². The first-order valence-electron chi connectivity index (χ1n) is 8.83. The fraction of sp³-hybridized carbons (Fsp3) is 0.444. The third-order valence-corrected chi connectivity index (χ3v) is 7.06. The summed E-state index contributed by atoms with van der Waals surface area (Å²) in [6.07, 6.45) is 2.67. The van der Waals surface area contributed by atoms with E-state index in [4.69, 9.17) is 16.3 Å². The normalized spacial score (nSPS) is 18.0. The lowest BCUT2D eigenvalue weighted by molar-refractivity contribution is 0.0925. The van der Waals surface area contributed by atoms with Crippen molar-refractivity contribution < 1.29 is 17.9 Å². The Morgan fingerprint density at radius 2 is 2.11 bits per heavy atom. The maximum atomic E-state index is 12.7. The van der Waals surface area contributed by atoms with Crippen LogP contribution in [0.2, 0.25) is 5.02 Å². The number of aromatic nitrogens is 1. The molecule has 0 bridgehead atoms. The van der Waals surface area contributed by atoms with Gasteiger partial charge in [-0.25, -0.2) is 17.7 Å². The van der Waals surface area contributed by atoms with Crippen LogP contribution in [0, 0.1) is 6.92 Å². The van der Waals surface area contributed by atoms with E-state index in [0.29, 0.717) is 39.4 Å². The zero-order valence-electron chi connectivity index (χ0n) is 15.6. The monoisotopic (exact) mass is 443 g/mol. The lowest BCUT2D eigenvalue weighted by Gasteiger charge is -2.31. The van der Waals surface area contributed by atoms with Crippen LogP contribution < -0.4 is 10.1 Å². The molecule has 152 valence electrons. The number of carbonyl (C=O) groups is 1. The molecule has 1 fully saturated rings. The van der Waals surface area contributed by atoms with Crippen molar-refractivity contribution in [1.29, 1.82) is 0 Å². The summed E-state index contributed by atoms with van der Waals surface area (Å²) in [5.74, 6) is 0.444. The topological polar surface area (TPSA) is 88.6 Å². The van der Waals surface area contributed by atoms with Gasteiger partial charge >= 0.3 is 0 Å². The molecule has 1 saturated heterocycles. The lowest BCUT2D eigenvalue weighted by atomic mass is 10.1. The van der Waals surface area contributed by atoms with Gasteiger partial charge in [-0.2, -0.15) is 0 Å². The standard InChI is InChI=1S/C18H22ClN3O4S2/c1-12-17(18(23)21-14-4-3-9-22(10-14)28(2,24)25)27-16(20-12)11-26-15-7-5-13(19)6-8-15/h5-8,14H,3-4,9-11H2,1-2H3,(H,21,23). The van der Waals surface area contributed by atoms with E-state index in [1.165, 1.54) is 21.9 Å². The lowest BCUT2D eigenvalue weighted by Crippen LogP contribution is -2.49. The summed E-state index contributed by atoms with van der Waals surface area (Å²) in [6.45, 7) is 2.83. The van der Waals surface area contributed by atoms with E-state index in [-0.39, 0.29) is 18.6 Å². The number of aryl methyl sites for hydroxylation is 1. The first-order chi connectivity index (χ1) is 13.2. The number of benzene rings is 1. The predicted octanol–water partition coefficient (Wildman–Crippen LogP) is 2.84. The molecule has 1 aliphatic rings. The Kier molecular flexibility index (Phi) is 6.59. The zero-order valence-corrected chi connectivity index (χ0v) is 18.0. The van der Waals surface area contributed by atoms with Gasteiger partial charge in [-0.05, 0) is 44.0 Å². The average Bonchev–Trinajstić information content (AvgIpc) is 3.02. The number of amides is 1. The van der Waals surface area contributed by atoms with Gasteiger partial charge in [0.05, 0.1) is 11.9 Å². The highest BCUT2D eigenvalue weighted by Crippen LogP contribution is 2.22. The van der Waals surface area contributed by atoms with Crippen LogP contribution in [0.15, 0.2) is 24.3 Å². The number of ether oxygens (including phenoxy) is 1. The van der Waals surface area contributed by atoms with Crippen molar-refractivity contribution in [1.82, 2.24) is 14.6 Å². The Balaban J connectivity index is 1.60. The molecule has 1 aromatic carbocycles. The van der Waals surface area contributed by atoms with E-state index in [1.54, 1.807) is 31.2 Å². The van der Waals surface area contributed by atoms with Crippen LogP contribution in [0.5, 0.6) is 5.75 Å². The molecule has 0 saturated carbocycles. The Bertz CT molecular complexity index is 944. The quantitative estimate of drug-likeness (QED) is 0.741. The first kappa shape index (κ1) is 21.0. The number of nitrogens with zero attached hydrogens (tertiary/aromatic N) is 2. The fourth-order valence-corrected chi connectivity index (χ4v) is 4.93. The molecular weight excluding hydrogens is 422 g/mol. The van der Waals surface area contributed by atoms with Crippen molar-refractivity contribution in [2.75, 3.05) is 19.3 Å². The summed E-state index contributed by atoms with van der Waals surface area (Å²) in [7, 11) is -3.25. The highest BCUT2D eigenvalue weighted by atomic mass is 35.5. The van der Waals surface area contributed by atoms with Crippen molar-refractivity contribution in [3.63, 3.8) is 0 Å². The largest absolute Gasteiger partial charge is 0.486 e. The highest BCUT2D eigenvalue weighted by molar-refractivity contribution is 7.88. The Labute approximate surface area is 173 Å². The Morgan fingerprint density at radius 1 is 1.39 bits per heavy atom. The van der Waals surface area contributed by atoms with E-state index < -0.39 is 10.0 Å². The summed E-state index contributed by atoms with van der Waals surface area (Å²) in [5.41, 5.74) is 0.632. The minimum atomic E-state index is -3.25. The summed E-state index contributed by atoms with van der Waals surface area (Å²) in [5, 5.41) is 4.27. The SMILES string of the molecule is Cc1nc(COc2ccc(Cl)cc2)sc1C(=O)NC1CCCN(S(C)(=O)=O)C1. The van der Waals surface area contributed by atoms with Crippen molar-refractivity contribution in [2.45, 2.75) is 32.4 Å². The molecule has 10 heteroatoms. The highest BCUT2D eigenvalue weighted by Gasteiger charge is 2.28. The zero-order chi connectivity index (χ0) is 20.3. The molecule has 1 aliphatic heterocycles. The number of rotatable bonds is 6. The van der Waals surface area contributed by atoms with Crippen LogP contribution in [-0.2, 0) is 16.6 Å². The molecule has 3 rings (SSSR count). The number of sulfonamides is 1. The minimum absolute atomic E-state index is 0.203. The molecular formula is C18H22ClN3O4S2. The molecule has 2 aromatic rings.